The molecule has 1 fully saturated rings. The van der Waals surface area contributed by atoms with Gasteiger partial charge in [-0.15, -0.1) is 0 Å². The van der Waals surface area contributed by atoms with Crippen molar-refractivity contribution in [2.24, 2.45) is 5.92 Å². The molecule has 0 radical (unpaired) electrons. The average molecular weight is 274 g/mol. The van der Waals surface area contributed by atoms with Crippen LogP contribution in [0, 0.1) is 5.92 Å². The molecule has 20 heavy (non-hydrogen) atoms. The molecule has 0 bridgehead atoms. The standard InChI is InChI=1S/C18H30N2/c1-16(2)18-15-20(14-8-12-19-18)13-7-6-11-17-9-4-3-5-10-17/h3-5,9-10,16,18-19H,6-8,11-15H2,1-2H3. The Morgan fingerprint density at radius 2 is 2.00 bits per heavy atom. The van der Waals surface area contributed by atoms with E-state index in [1.165, 1.54) is 57.4 Å². The van der Waals surface area contributed by atoms with Crippen LogP contribution in [0.15, 0.2) is 30.3 Å². The number of rotatable bonds is 6. The van der Waals surface area contributed by atoms with Crippen LogP contribution >= 0.6 is 0 Å². The summed E-state index contributed by atoms with van der Waals surface area (Å²) in [5.74, 6) is 0.736. The van der Waals surface area contributed by atoms with Gasteiger partial charge in [0.15, 0.2) is 0 Å². The minimum Gasteiger partial charge on any atom is -0.312 e. The Hall–Kier alpha value is -0.860. The molecular formula is C18H30N2. The zero-order chi connectivity index (χ0) is 14.2. The van der Waals surface area contributed by atoms with Gasteiger partial charge in [0.05, 0.1) is 0 Å². The maximum Gasteiger partial charge on any atom is 0.0217 e. The van der Waals surface area contributed by atoms with Gasteiger partial charge in [-0.25, -0.2) is 0 Å². The number of hydrogen-bond acceptors (Lipinski definition) is 2. The van der Waals surface area contributed by atoms with Crippen LogP contribution < -0.4 is 5.32 Å². The van der Waals surface area contributed by atoms with Crippen LogP contribution in [0.25, 0.3) is 0 Å². The van der Waals surface area contributed by atoms with Gasteiger partial charge >= 0.3 is 0 Å². The summed E-state index contributed by atoms with van der Waals surface area (Å²) in [5, 5.41) is 3.69. The van der Waals surface area contributed by atoms with Crippen molar-refractivity contribution < 1.29 is 0 Å². The fraction of sp³-hybridized carbons (Fsp3) is 0.667. The van der Waals surface area contributed by atoms with Crippen molar-refractivity contribution in [1.82, 2.24) is 10.2 Å². The first-order chi connectivity index (χ1) is 9.75. The SMILES string of the molecule is CC(C)C1CN(CCCCc2ccccc2)CCCN1. The summed E-state index contributed by atoms with van der Waals surface area (Å²) in [6.45, 7) is 9.60. The minimum atomic E-state index is 0.673. The van der Waals surface area contributed by atoms with Gasteiger partial charge in [0.1, 0.15) is 0 Å². The maximum absolute atomic E-state index is 3.69. The normalized spacial score (nSPS) is 21.1. The van der Waals surface area contributed by atoms with Gasteiger partial charge in [0.2, 0.25) is 0 Å². The van der Waals surface area contributed by atoms with Gasteiger partial charge in [-0.3, -0.25) is 0 Å². The lowest BCUT2D eigenvalue weighted by Crippen LogP contribution is -2.41. The predicted molar refractivity (Wildman–Crippen MR) is 87.1 cm³/mol. The van der Waals surface area contributed by atoms with Crippen LogP contribution in [0.3, 0.4) is 0 Å². The highest BCUT2D eigenvalue weighted by Gasteiger charge is 2.19. The Bertz CT molecular complexity index is 361. The van der Waals surface area contributed by atoms with E-state index in [-0.39, 0.29) is 0 Å². The number of nitrogens with zero attached hydrogens (tertiary/aromatic N) is 1. The van der Waals surface area contributed by atoms with E-state index >= 15 is 0 Å². The quantitative estimate of drug-likeness (QED) is 0.801. The Morgan fingerprint density at radius 1 is 1.20 bits per heavy atom. The summed E-state index contributed by atoms with van der Waals surface area (Å²) in [4.78, 5) is 2.66. The monoisotopic (exact) mass is 274 g/mol. The van der Waals surface area contributed by atoms with Gasteiger partial charge in [-0.1, -0.05) is 44.2 Å². The Balaban J connectivity index is 1.67. The highest BCUT2D eigenvalue weighted by atomic mass is 15.2. The largest absolute Gasteiger partial charge is 0.312 e. The van der Waals surface area contributed by atoms with Gasteiger partial charge in [-0.2, -0.15) is 0 Å². The van der Waals surface area contributed by atoms with Crippen molar-refractivity contribution in [3.63, 3.8) is 0 Å². The molecule has 0 aromatic heterocycles. The van der Waals surface area contributed by atoms with Crippen LogP contribution in [0.1, 0.15) is 38.7 Å². The van der Waals surface area contributed by atoms with Crippen molar-refractivity contribution >= 4 is 0 Å². The Morgan fingerprint density at radius 3 is 2.75 bits per heavy atom. The Kier molecular flexibility index (Phi) is 6.55. The molecule has 1 unspecified atom stereocenters. The Labute approximate surface area is 124 Å². The third-order valence-corrected chi connectivity index (χ3v) is 4.35. The lowest BCUT2D eigenvalue weighted by atomic mass is 10.0. The fourth-order valence-electron chi connectivity index (χ4n) is 2.98. The van der Waals surface area contributed by atoms with Crippen molar-refractivity contribution in [2.45, 2.75) is 45.6 Å². The molecule has 1 aliphatic rings. The van der Waals surface area contributed by atoms with E-state index < -0.39 is 0 Å². The molecule has 1 aromatic rings. The molecule has 1 heterocycles. The maximum atomic E-state index is 3.69. The van der Waals surface area contributed by atoms with Gasteiger partial charge in [0.25, 0.3) is 0 Å². The summed E-state index contributed by atoms with van der Waals surface area (Å²) in [5.41, 5.74) is 1.48. The fourth-order valence-corrected chi connectivity index (χ4v) is 2.98. The molecule has 1 aromatic carbocycles. The summed E-state index contributed by atoms with van der Waals surface area (Å²) in [7, 11) is 0. The van der Waals surface area contributed by atoms with Crippen LogP contribution in [0.2, 0.25) is 0 Å². The van der Waals surface area contributed by atoms with Crippen LogP contribution in [-0.2, 0) is 6.42 Å². The lowest BCUT2D eigenvalue weighted by Gasteiger charge is -2.26. The van der Waals surface area contributed by atoms with Gasteiger partial charge < -0.3 is 10.2 Å². The molecule has 1 saturated heterocycles. The van der Waals surface area contributed by atoms with Crippen molar-refractivity contribution in [2.75, 3.05) is 26.2 Å². The van der Waals surface area contributed by atoms with E-state index in [0.717, 1.165) is 5.92 Å². The lowest BCUT2D eigenvalue weighted by molar-refractivity contribution is 0.241. The molecule has 0 amide bonds. The van der Waals surface area contributed by atoms with Crippen LogP contribution in [0.5, 0.6) is 0 Å². The highest BCUT2D eigenvalue weighted by molar-refractivity contribution is 5.14. The molecule has 112 valence electrons. The van der Waals surface area contributed by atoms with E-state index in [0.29, 0.717) is 6.04 Å². The second-order valence-electron chi connectivity index (χ2n) is 6.40. The number of nitrogens with one attached hydrogen (secondary N) is 1. The second-order valence-corrected chi connectivity index (χ2v) is 6.40. The first-order valence-electron chi connectivity index (χ1n) is 8.25. The molecule has 0 saturated carbocycles. The molecule has 2 heteroatoms. The molecule has 1 aliphatic heterocycles. The van der Waals surface area contributed by atoms with Gasteiger partial charge in [0, 0.05) is 12.6 Å². The first kappa shape index (κ1) is 15.5. The van der Waals surface area contributed by atoms with Crippen molar-refractivity contribution in [3.8, 4) is 0 Å². The van der Waals surface area contributed by atoms with Crippen LogP contribution in [-0.4, -0.2) is 37.1 Å². The topological polar surface area (TPSA) is 15.3 Å². The predicted octanol–water partition coefficient (Wildman–Crippen LogP) is 3.33. The molecule has 1 atom stereocenters. The molecule has 2 rings (SSSR count). The minimum absolute atomic E-state index is 0.673. The first-order valence-corrected chi connectivity index (χ1v) is 8.25. The van der Waals surface area contributed by atoms with Gasteiger partial charge in [-0.05, 0) is 56.8 Å². The summed E-state index contributed by atoms with van der Waals surface area (Å²) < 4.78 is 0. The van der Waals surface area contributed by atoms with E-state index in [9.17, 15) is 0 Å². The van der Waals surface area contributed by atoms with Crippen LogP contribution in [0.4, 0.5) is 0 Å². The molecule has 0 aliphatic carbocycles. The smallest absolute Gasteiger partial charge is 0.0217 e. The third-order valence-electron chi connectivity index (χ3n) is 4.35. The van der Waals surface area contributed by atoms with E-state index in [4.69, 9.17) is 0 Å². The average Bonchev–Trinajstić information content (AvgIpc) is 2.70. The van der Waals surface area contributed by atoms with E-state index in [2.05, 4.69) is 54.4 Å². The third kappa shape index (κ3) is 5.26. The number of aryl methyl sites for hydroxylation is 1. The number of hydrogen-bond donors (Lipinski definition) is 1. The molecular weight excluding hydrogens is 244 g/mol. The zero-order valence-corrected chi connectivity index (χ0v) is 13.1. The van der Waals surface area contributed by atoms with Crippen molar-refractivity contribution in [1.29, 1.82) is 0 Å². The van der Waals surface area contributed by atoms with Crippen molar-refractivity contribution in [3.05, 3.63) is 35.9 Å². The highest BCUT2D eigenvalue weighted by Crippen LogP contribution is 2.10. The number of unbranched alkanes of at least 4 members (excludes halogenated alkanes) is 1. The second kappa shape index (κ2) is 8.43. The summed E-state index contributed by atoms with van der Waals surface area (Å²) >= 11 is 0. The molecule has 0 spiro atoms. The number of benzene rings is 1. The van der Waals surface area contributed by atoms with E-state index in [1.54, 1.807) is 0 Å². The molecule has 1 N–H and O–H groups in total. The summed E-state index contributed by atoms with van der Waals surface area (Å²) in [6.07, 6.45) is 5.14. The summed E-state index contributed by atoms with van der Waals surface area (Å²) in [6, 6.07) is 11.5. The van der Waals surface area contributed by atoms with E-state index in [1.807, 2.05) is 0 Å². The zero-order valence-electron chi connectivity index (χ0n) is 13.1. The molecule has 2 nitrogen and oxygen atoms in total.